The Morgan fingerprint density at radius 3 is 2.35 bits per heavy atom. The van der Waals surface area contributed by atoms with E-state index in [0.717, 1.165) is 6.92 Å². The lowest BCUT2D eigenvalue weighted by molar-refractivity contribution is -0.169. The van der Waals surface area contributed by atoms with Crippen molar-refractivity contribution in [3.8, 4) is 0 Å². The van der Waals surface area contributed by atoms with E-state index in [-0.39, 0.29) is 12.2 Å². The highest BCUT2D eigenvalue weighted by atomic mass is 31.2. The molecule has 0 saturated heterocycles. The summed E-state index contributed by atoms with van der Waals surface area (Å²) in [6, 6.07) is 0. The number of phosphoric acid groups is 1. The molecule has 0 aliphatic heterocycles. The summed E-state index contributed by atoms with van der Waals surface area (Å²) >= 11 is 0. The zero-order chi connectivity index (χ0) is 15.8. The van der Waals surface area contributed by atoms with Gasteiger partial charge >= 0.3 is 19.8 Å². The van der Waals surface area contributed by atoms with E-state index in [9.17, 15) is 19.0 Å². The average Bonchev–Trinajstić information content (AvgIpc) is 2.32. The van der Waals surface area contributed by atoms with Gasteiger partial charge in [-0.25, -0.2) is 13.9 Å². The number of hydrogen-bond acceptors (Lipinski definition) is 8. The number of aliphatic hydroxyl groups excluding tert-OH is 1. The molecule has 0 heterocycles. The number of phosphoric ester groups is 1. The van der Waals surface area contributed by atoms with Gasteiger partial charge < -0.3 is 19.5 Å². The predicted octanol–water partition coefficient (Wildman–Crippen LogP) is 0.121. The molecule has 0 aromatic heterocycles. The maximum absolute atomic E-state index is 11.4. The Kier molecular flexibility index (Phi) is 8.28. The van der Waals surface area contributed by atoms with Gasteiger partial charge in [-0.2, -0.15) is 0 Å². The number of esters is 2. The van der Waals surface area contributed by atoms with Crippen LogP contribution in [0, 0.1) is 0 Å². The Hall–Kier alpha value is -1.25. The largest absolute Gasteiger partial charge is 0.475 e. The van der Waals surface area contributed by atoms with Gasteiger partial charge in [0.05, 0.1) is 6.61 Å². The van der Waals surface area contributed by atoms with Gasteiger partial charge in [0, 0.05) is 12.5 Å². The molecule has 0 spiro atoms. The fourth-order valence-electron chi connectivity index (χ4n) is 0.866. The van der Waals surface area contributed by atoms with Gasteiger partial charge in [-0.3, -0.25) is 9.32 Å². The lowest BCUT2D eigenvalue weighted by Crippen LogP contribution is -2.23. The maximum atomic E-state index is 11.4. The molecule has 0 aromatic carbocycles. The number of hydrogen-bond donors (Lipinski definition) is 2. The van der Waals surface area contributed by atoms with Gasteiger partial charge in [0.15, 0.2) is 0 Å². The summed E-state index contributed by atoms with van der Waals surface area (Å²) in [5.74, 6) is -1.48. The molecule has 2 unspecified atom stereocenters. The third-order valence-electron chi connectivity index (χ3n) is 1.62. The molecule has 0 aliphatic rings. The van der Waals surface area contributed by atoms with Gasteiger partial charge in [-0.05, 0) is 6.92 Å². The molecular weight excluding hydrogens is 295 g/mol. The second kappa shape index (κ2) is 8.83. The van der Waals surface area contributed by atoms with E-state index in [0.29, 0.717) is 0 Å². The number of carbonyl (C=O) groups excluding carboxylic acids is 2. The summed E-state index contributed by atoms with van der Waals surface area (Å²) in [4.78, 5) is 30.8. The van der Waals surface area contributed by atoms with E-state index < -0.39 is 39.3 Å². The minimum Gasteiger partial charge on any atom is -0.460 e. The Morgan fingerprint density at radius 2 is 1.90 bits per heavy atom. The van der Waals surface area contributed by atoms with Gasteiger partial charge in [0.2, 0.25) is 6.29 Å². The second-order valence-corrected chi connectivity index (χ2v) is 4.95. The SMILES string of the molecule is C=C(C)C(=O)OCCOP(=O)(O)OC(CO)OC(C)=O. The lowest BCUT2D eigenvalue weighted by atomic mass is 10.4. The highest BCUT2D eigenvalue weighted by molar-refractivity contribution is 7.47. The summed E-state index contributed by atoms with van der Waals surface area (Å²) in [5.41, 5.74) is 0.170. The van der Waals surface area contributed by atoms with Gasteiger partial charge in [-0.15, -0.1) is 0 Å². The van der Waals surface area contributed by atoms with Crippen LogP contribution < -0.4 is 0 Å². The molecule has 10 heteroatoms. The fourth-order valence-corrected chi connectivity index (χ4v) is 1.64. The van der Waals surface area contributed by atoms with Crippen molar-refractivity contribution in [2.75, 3.05) is 19.8 Å². The van der Waals surface area contributed by atoms with Gasteiger partial charge in [0.1, 0.15) is 13.2 Å². The number of rotatable bonds is 9. The first-order valence-corrected chi connectivity index (χ1v) is 6.94. The monoisotopic (exact) mass is 312 g/mol. The molecule has 0 fully saturated rings. The van der Waals surface area contributed by atoms with Crippen molar-refractivity contribution in [2.24, 2.45) is 0 Å². The molecule has 9 nitrogen and oxygen atoms in total. The average molecular weight is 312 g/mol. The molecule has 0 aromatic rings. The first-order valence-electron chi connectivity index (χ1n) is 5.44. The minimum atomic E-state index is -4.56. The van der Waals surface area contributed by atoms with Gasteiger partial charge in [-0.1, -0.05) is 6.58 Å². The van der Waals surface area contributed by atoms with Crippen LogP contribution in [-0.4, -0.2) is 48.0 Å². The van der Waals surface area contributed by atoms with Crippen molar-refractivity contribution in [3.05, 3.63) is 12.2 Å². The standard InChI is InChI=1S/C10H17O9P/c1-7(2)10(13)16-4-5-17-20(14,15)19-9(6-11)18-8(3)12/h9,11H,1,4-6H2,2-3H3,(H,14,15). The molecule has 2 atom stereocenters. The van der Waals surface area contributed by atoms with Crippen LogP contribution in [0.3, 0.4) is 0 Å². The van der Waals surface area contributed by atoms with E-state index in [1.54, 1.807) is 0 Å². The van der Waals surface area contributed by atoms with Crippen molar-refractivity contribution in [1.29, 1.82) is 0 Å². The Balaban J connectivity index is 4.12. The second-order valence-electron chi connectivity index (χ2n) is 3.55. The van der Waals surface area contributed by atoms with E-state index in [1.807, 2.05) is 0 Å². The third kappa shape index (κ3) is 8.78. The summed E-state index contributed by atoms with van der Waals surface area (Å²) in [6.07, 6.45) is -1.62. The van der Waals surface area contributed by atoms with Crippen LogP contribution in [0.15, 0.2) is 12.2 Å². The minimum absolute atomic E-state index is 0.170. The van der Waals surface area contributed by atoms with Crippen LogP contribution in [0.1, 0.15) is 13.8 Å². The molecule has 0 radical (unpaired) electrons. The first-order chi connectivity index (χ1) is 9.18. The first kappa shape index (κ1) is 18.8. The third-order valence-corrected chi connectivity index (χ3v) is 2.63. The maximum Gasteiger partial charge on any atom is 0.475 e. The smallest absolute Gasteiger partial charge is 0.460 e. The topological polar surface area (TPSA) is 129 Å². The molecule has 116 valence electrons. The highest BCUT2D eigenvalue weighted by Crippen LogP contribution is 2.44. The summed E-state index contributed by atoms with van der Waals surface area (Å²) in [7, 11) is -4.56. The lowest BCUT2D eigenvalue weighted by Gasteiger charge is -2.18. The summed E-state index contributed by atoms with van der Waals surface area (Å²) < 4.78 is 29.2. The Labute approximate surface area is 115 Å². The fraction of sp³-hybridized carbons (Fsp3) is 0.600. The van der Waals surface area contributed by atoms with Gasteiger partial charge in [0.25, 0.3) is 0 Å². The molecule has 0 saturated carbocycles. The van der Waals surface area contributed by atoms with Crippen molar-refractivity contribution in [2.45, 2.75) is 20.1 Å². The van der Waals surface area contributed by atoms with Crippen LogP contribution >= 0.6 is 7.82 Å². The van der Waals surface area contributed by atoms with Crippen molar-refractivity contribution in [3.63, 3.8) is 0 Å². The van der Waals surface area contributed by atoms with E-state index >= 15 is 0 Å². The van der Waals surface area contributed by atoms with Crippen molar-refractivity contribution < 1.29 is 42.7 Å². The normalized spacial score (nSPS) is 15.0. The molecule has 2 N–H and O–H groups in total. The molecular formula is C10H17O9P. The molecule has 0 aliphatic carbocycles. The van der Waals surface area contributed by atoms with Crippen LogP contribution in [0.2, 0.25) is 0 Å². The zero-order valence-corrected chi connectivity index (χ0v) is 12.0. The van der Waals surface area contributed by atoms with Crippen LogP contribution in [0.25, 0.3) is 0 Å². The van der Waals surface area contributed by atoms with E-state index in [1.165, 1.54) is 6.92 Å². The molecule has 20 heavy (non-hydrogen) atoms. The van der Waals surface area contributed by atoms with Crippen molar-refractivity contribution >= 4 is 19.8 Å². The summed E-state index contributed by atoms with van der Waals surface area (Å²) in [6.45, 7) is 4.27. The van der Waals surface area contributed by atoms with E-state index in [2.05, 4.69) is 25.1 Å². The number of aliphatic hydroxyl groups is 1. The molecule has 0 amide bonds. The van der Waals surface area contributed by atoms with Crippen molar-refractivity contribution in [1.82, 2.24) is 0 Å². The van der Waals surface area contributed by atoms with Crippen LogP contribution in [0.4, 0.5) is 0 Å². The Bertz CT molecular complexity index is 406. The predicted molar refractivity (Wildman–Crippen MR) is 65.3 cm³/mol. The van der Waals surface area contributed by atoms with Crippen LogP contribution in [0.5, 0.6) is 0 Å². The number of ether oxygens (including phenoxy) is 2. The molecule has 0 bridgehead atoms. The van der Waals surface area contributed by atoms with Crippen LogP contribution in [-0.2, 0) is 32.7 Å². The molecule has 0 rings (SSSR count). The zero-order valence-electron chi connectivity index (χ0n) is 11.1. The number of carbonyl (C=O) groups is 2. The quantitative estimate of drug-likeness (QED) is 0.200. The summed E-state index contributed by atoms with van der Waals surface area (Å²) in [5, 5.41) is 8.77. The van der Waals surface area contributed by atoms with E-state index in [4.69, 9.17) is 5.11 Å². The highest BCUT2D eigenvalue weighted by Gasteiger charge is 2.28. The Morgan fingerprint density at radius 1 is 1.30 bits per heavy atom.